The first kappa shape index (κ1) is 19.4. The molecule has 0 spiro atoms. The predicted octanol–water partition coefficient (Wildman–Crippen LogP) is 3.36. The molecule has 1 aliphatic heterocycles. The number of hydrogen-bond acceptors (Lipinski definition) is 4. The molecule has 0 radical (unpaired) electrons. The number of urea groups is 1. The fourth-order valence-corrected chi connectivity index (χ4v) is 3.15. The number of esters is 1. The van der Waals surface area contributed by atoms with Crippen LogP contribution in [0, 0.1) is 5.92 Å². The van der Waals surface area contributed by atoms with Gasteiger partial charge in [0.1, 0.15) is 0 Å². The zero-order valence-electron chi connectivity index (χ0n) is 15.7. The van der Waals surface area contributed by atoms with Crippen LogP contribution >= 0.6 is 0 Å². The van der Waals surface area contributed by atoms with Crippen molar-refractivity contribution in [3.63, 3.8) is 0 Å². The molecule has 0 unspecified atom stereocenters. The summed E-state index contributed by atoms with van der Waals surface area (Å²) in [5, 5.41) is 5.71. The van der Waals surface area contributed by atoms with Gasteiger partial charge in [0.15, 0.2) is 0 Å². The third-order valence-corrected chi connectivity index (χ3v) is 4.68. The highest BCUT2D eigenvalue weighted by Gasteiger charge is 2.28. The Morgan fingerprint density at radius 2 is 1.64 bits per heavy atom. The SMILES string of the molecule is COC(=O)c1ccc(NC(=O)[C@H]2CCCN(C(=O)Nc3ccccc3)C2)cc1. The summed E-state index contributed by atoms with van der Waals surface area (Å²) in [5.41, 5.74) is 1.75. The van der Waals surface area contributed by atoms with E-state index in [0.29, 0.717) is 24.3 Å². The zero-order valence-corrected chi connectivity index (χ0v) is 15.7. The van der Waals surface area contributed by atoms with Gasteiger partial charge in [-0.05, 0) is 49.2 Å². The van der Waals surface area contributed by atoms with E-state index in [1.807, 2.05) is 30.3 Å². The Labute approximate surface area is 163 Å². The molecule has 0 aliphatic carbocycles. The fourth-order valence-electron chi connectivity index (χ4n) is 3.15. The van der Waals surface area contributed by atoms with E-state index in [2.05, 4.69) is 15.4 Å². The van der Waals surface area contributed by atoms with Crippen molar-refractivity contribution in [1.29, 1.82) is 0 Å². The molecule has 28 heavy (non-hydrogen) atoms. The number of methoxy groups -OCH3 is 1. The van der Waals surface area contributed by atoms with Crippen LogP contribution in [0.1, 0.15) is 23.2 Å². The normalized spacial score (nSPS) is 16.2. The van der Waals surface area contributed by atoms with Gasteiger partial charge in [0.05, 0.1) is 18.6 Å². The fraction of sp³-hybridized carbons (Fsp3) is 0.286. The highest BCUT2D eigenvalue weighted by molar-refractivity contribution is 5.95. The first-order chi connectivity index (χ1) is 13.6. The number of benzene rings is 2. The van der Waals surface area contributed by atoms with Crippen molar-refractivity contribution < 1.29 is 19.1 Å². The summed E-state index contributed by atoms with van der Waals surface area (Å²) in [5.74, 6) is -0.844. The molecule has 1 atom stereocenters. The lowest BCUT2D eigenvalue weighted by Gasteiger charge is -2.32. The molecule has 0 bridgehead atoms. The molecule has 2 aromatic rings. The second-order valence-corrected chi connectivity index (χ2v) is 6.64. The Kier molecular flexibility index (Phi) is 6.26. The van der Waals surface area contributed by atoms with Crippen molar-refractivity contribution in [3.8, 4) is 0 Å². The molecule has 3 rings (SSSR count). The summed E-state index contributed by atoms with van der Waals surface area (Å²) < 4.78 is 4.66. The van der Waals surface area contributed by atoms with E-state index in [1.165, 1.54) is 7.11 Å². The van der Waals surface area contributed by atoms with Crippen molar-refractivity contribution in [1.82, 2.24) is 4.90 Å². The Hall–Kier alpha value is -3.35. The molecule has 1 fully saturated rings. The van der Waals surface area contributed by atoms with Crippen molar-refractivity contribution in [2.45, 2.75) is 12.8 Å². The van der Waals surface area contributed by atoms with Crippen molar-refractivity contribution >= 4 is 29.3 Å². The van der Waals surface area contributed by atoms with Crippen LogP contribution in [0.15, 0.2) is 54.6 Å². The number of carbonyl (C=O) groups is 3. The summed E-state index contributed by atoms with van der Waals surface area (Å²) in [6.45, 7) is 0.987. The molecule has 7 heteroatoms. The van der Waals surface area contributed by atoms with Crippen LogP contribution < -0.4 is 10.6 Å². The van der Waals surface area contributed by atoms with E-state index in [-0.39, 0.29) is 17.9 Å². The van der Waals surface area contributed by atoms with Crippen LogP contribution in [0.3, 0.4) is 0 Å². The highest BCUT2D eigenvalue weighted by atomic mass is 16.5. The number of carbonyl (C=O) groups excluding carboxylic acids is 3. The number of para-hydroxylation sites is 1. The number of piperidine rings is 1. The Morgan fingerprint density at radius 3 is 2.32 bits per heavy atom. The monoisotopic (exact) mass is 381 g/mol. The van der Waals surface area contributed by atoms with Gasteiger partial charge in [-0.15, -0.1) is 0 Å². The van der Waals surface area contributed by atoms with Crippen LogP contribution in [0.25, 0.3) is 0 Å². The molecule has 7 nitrogen and oxygen atoms in total. The lowest BCUT2D eigenvalue weighted by atomic mass is 9.97. The topological polar surface area (TPSA) is 87.7 Å². The first-order valence-electron chi connectivity index (χ1n) is 9.17. The van der Waals surface area contributed by atoms with Crippen molar-refractivity contribution in [2.75, 3.05) is 30.8 Å². The first-order valence-corrected chi connectivity index (χ1v) is 9.17. The maximum absolute atomic E-state index is 12.6. The number of hydrogen-bond donors (Lipinski definition) is 2. The van der Waals surface area contributed by atoms with Crippen molar-refractivity contribution in [2.24, 2.45) is 5.92 Å². The van der Waals surface area contributed by atoms with E-state index < -0.39 is 5.97 Å². The smallest absolute Gasteiger partial charge is 0.337 e. The summed E-state index contributed by atoms with van der Waals surface area (Å²) in [6, 6.07) is 15.6. The molecule has 3 amide bonds. The molecular weight excluding hydrogens is 358 g/mol. The standard InChI is InChI=1S/C21H23N3O4/c1-28-20(26)15-9-11-18(12-10-15)22-19(25)16-6-5-13-24(14-16)21(27)23-17-7-3-2-4-8-17/h2-4,7-12,16H,5-6,13-14H2,1H3,(H,22,25)(H,23,27)/t16-/m0/s1. The Balaban J connectivity index is 1.56. The maximum atomic E-state index is 12.6. The van der Waals surface area contributed by atoms with Gasteiger partial charge in [-0.1, -0.05) is 18.2 Å². The van der Waals surface area contributed by atoms with Crippen LogP contribution in [0.4, 0.5) is 16.2 Å². The van der Waals surface area contributed by atoms with Crippen LogP contribution in [-0.2, 0) is 9.53 Å². The molecule has 2 N–H and O–H groups in total. The molecule has 2 aromatic carbocycles. The molecular formula is C21H23N3O4. The van der Waals surface area contributed by atoms with Crippen LogP contribution in [0.5, 0.6) is 0 Å². The molecule has 1 heterocycles. The average Bonchev–Trinajstić information content (AvgIpc) is 2.74. The largest absolute Gasteiger partial charge is 0.465 e. The molecule has 0 aromatic heterocycles. The second kappa shape index (κ2) is 9.03. The number of rotatable bonds is 4. The quantitative estimate of drug-likeness (QED) is 0.795. The highest BCUT2D eigenvalue weighted by Crippen LogP contribution is 2.20. The van der Waals surface area contributed by atoms with Crippen LogP contribution in [0.2, 0.25) is 0 Å². The van der Waals surface area contributed by atoms with E-state index in [0.717, 1.165) is 18.5 Å². The Morgan fingerprint density at radius 1 is 0.964 bits per heavy atom. The summed E-state index contributed by atoms with van der Waals surface area (Å²) >= 11 is 0. The molecule has 146 valence electrons. The number of amides is 3. The van der Waals surface area contributed by atoms with Gasteiger partial charge in [-0.3, -0.25) is 4.79 Å². The van der Waals surface area contributed by atoms with Gasteiger partial charge in [0, 0.05) is 24.5 Å². The molecule has 1 saturated heterocycles. The third kappa shape index (κ3) is 4.88. The zero-order chi connectivity index (χ0) is 19.9. The number of nitrogens with zero attached hydrogens (tertiary/aromatic N) is 1. The minimum absolute atomic E-state index is 0.136. The third-order valence-electron chi connectivity index (χ3n) is 4.68. The Bertz CT molecular complexity index is 836. The molecule has 1 aliphatic rings. The summed E-state index contributed by atoms with van der Waals surface area (Å²) in [7, 11) is 1.32. The van der Waals surface area contributed by atoms with Gasteiger partial charge < -0.3 is 20.3 Å². The van der Waals surface area contributed by atoms with Crippen molar-refractivity contribution in [3.05, 3.63) is 60.2 Å². The lowest BCUT2D eigenvalue weighted by molar-refractivity contribution is -0.121. The number of anilines is 2. The van der Waals surface area contributed by atoms with E-state index >= 15 is 0 Å². The molecule has 0 saturated carbocycles. The van der Waals surface area contributed by atoms with E-state index in [4.69, 9.17) is 0 Å². The number of nitrogens with one attached hydrogen (secondary N) is 2. The average molecular weight is 381 g/mol. The van der Waals surface area contributed by atoms with Gasteiger partial charge in [0.25, 0.3) is 0 Å². The summed E-state index contributed by atoms with van der Waals surface area (Å²) in [4.78, 5) is 38.2. The van der Waals surface area contributed by atoms with Gasteiger partial charge in [0.2, 0.25) is 5.91 Å². The maximum Gasteiger partial charge on any atom is 0.337 e. The van der Waals surface area contributed by atoms with Gasteiger partial charge in [-0.2, -0.15) is 0 Å². The predicted molar refractivity (Wildman–Crippen MR) is 106 cm³/mol. The minimum atomic E-state index is -0.426. The summed E-state index contributed by atoms with van der Waals surface area (Å²) in [6.07, 6.45) is 1.49. The van der Waals surface area contributed by atoms with Crippen LogP contribution in [-0.4, -0.2) is 43.0 Å². The number of ether oxygens (including phenoxy) is 1. The number of likely N-dealkylation sites (tertiary alicyclic amines) is 1. The minimum Gasteiger partial charge on any atom is -0.465 e. The van der Waals surface area contributed by atoms with E-state index in [9.17, 15) is 14.4 Å². The lowest BCUT2D eigenvalue weighted by Crippen LogP contribution is -2.45. The van der Waals surface area contributed by atoms with E-state index in [1.54, 1.807) is 29.2 Å². The van der Waals surface area contributed by atoms with Gasteiger partial charge in [-0.25, -0.2) is 9.59 Å². The second-order valence-electron chi connectivity index (χ2n) is 6.64. The van der Waals surface area contributed by atoms with Gasteiger partial charge >= 0.3 is 12.0 Å².